The van der Waals surface area contributed by atoms with Gasteiger partial charge in [0.25, 0.3) is 5.91 Å². The summed E-state index contributed by atoms with van der Waals surface area (Å²) in [6.45, 7) is 8.43. The van der Waals surface area contributed by atoms with Gasteiger partial charge in [0.15, 0.2) is 0 Å². The monoisotopic (exact) mass is 589 g/mol. The van der Waals surface area contributed by atoms with E-state index in [2.05, 4.69) is 20.8 Å². The number of carbonyl (C=O) groups excluding carboxylic acids is 1. The molecule has 1 amide bonds. The van der Waals surface area contributed by atoms with Gasteiger partial charge < -0.3 is 29.2 Å². The molecule has 1 aliphatic rings. The lowest BCUT2D eigenvalue weighted by molar-refractivity contribution is -0.139. The molecule has 0 aliphatic carbocycles. The molecule has 1 fully saturated rings. The van der Waals surface area contributed by atoms with Crippen LogP contribution in [0.1, 0.15) is 50.4 Å². The molecular formula is C29H35F4N7O2. The van der Waals surface area contributed by atoms with Gasteiger partial charge in [-0.1, -0.05) is 18.1 Å². The van der Waals surface area contributed by atoms with E-state index in [9.17, 15) is 22.4 Å². The van der Waals surface area contributed by atoms with Gasteiger partial charge in [0.1, 0.15) is 12.7 Å². The van der Waals surface area contributed by atoms with E-state index in [0.29, 0.717) is 35.1 Å². The molecule has 1 aromatic carbocycles. The first-order chi connectivity index (χ1) is 19.8. The zero-order valence-electron chi connectivity index (χ0n) is 24.0. The number of fused-ring (bicyclic) bond motifs is 1. The largest absolute Gasteiger partial charge is 0.406 e. The molecule has 13 heteroatoms. The topological polar surface area (TPSA) is 93.2 Å². The number of nitrogens with zero attached hydrogens (tertiary/aromatic N) is 5. The quantitative estimate of drug-likeness (QED) is 0.261. The number of amides is 1. The van der Waals surface area contributed by atoms with Crippen LogP contribution < -0.4 is 10.6 Å². The van der Waals surface area contributed by atoms with Crippen molar-refractivity contribution in [3.8, 4) is 11.5 Å². The summed E-state index contributed by atoms with van der Waals surface area (Å²) in [5.41, 5.74) is 1.19. The zero-order valence-corrected chi connectivity index (χ0v) is 24.0. The minimum atomic E-state index is -4.52. The number of alkyl halides is 4. The first-order valence-electron chi connectivity index (χ1n) is 13.9. The Morgan fingerprint density at radius 2 is 1.98 bits per heavy atom. The van der Waals surface area contributed by atoms with E-state index in [4.69, 9.17) is 4.52 Å². The molecule has 0 unspecified atom stereocenters. The summed E-state index contributed by atoms with van der Waals surface area (Å²) < 4.78 is 64.2. The third-order valence-corrected chi connectivity index (χ3v) is 7.52. The van der Waals surface area contributed by atoms with Crippen molar-refractivity contribution in [2.24, 2.45) is 0 Å². The van der Waals surface area contributed by atoms with Gasteiger partial charge in [0, 0.05) is 42.1 Å². The van der Waals surface area contributed by atoms with Gasteiger partial charge in [0.05, 0.1) is 29.4 Å². The van der Waals surface area contributed by atoms with Gasteiger partial charge in [0.2, 0.25) is 11.7 Å². The molecule has 4 aromatic rings. The van der Waals surface area contributed by atoms with E-state index >= 15 is 0 Å². The van der Waals surface area contributed by atoms with Crippen LogP contribution in [0.5, 0.6) is 0 Å². The number of aromatic nitrogens is 4. The lowest BCUT2D eigenvalue weighted by Gasteiger charge is -2.35. The summed E-state index contributed by atoms with van der Waals surface area (Å²) in [5, 5.41) is 10.3. The lowest BCUT2D eigenvalue weighted by Crippen LogP contribution is -2.47. The second kappa shape index (κ2) is 11.4. The maximum Gasteiger partial charge on any atom is 0.406 e. The predicted octanol–water partition coefficient (Wildman–Crippen LogP) is 5.58. The van der Waals surface area contributed by atoms with E-state index in [1.165, 1.54) is 0 Å². The Bertz CT molecular complexity index is 1550. The molecule has 226 valence electrons. The van der Waals surface area contributed by atoms with Gasteiger partial charge in [-0.05, 0) is 58.0 Å². The van der Waals surface area contributed by atoms with Crippen LogP contribution in [0.4, 0.5) is 23.2 Å². The second-order valence-electron chi connectivity index (χ2n) is 11.6. The predicted molar refractivity (Wildman–Crippen MR) is 151 cm³/mol. The van der Waals surface area contributed by atoms with E-state index in [0.717, 1.165) is 17.7 Å². The number of hydrogen-bond donors (Lipinski definition) is 2. The van der Waals surface area contributed by atoms with Crippen LogP contribution in [0.25, 0.3) is 22.4 Å². The van der Waals surface area contributed by atoms with Crippen LogP contribution >= 0.6 is 0 Å². The highest BCUT2D eigenvalue weighted by Gasteiger charge is 2.32. The van der Waals surface area contributed by atoms with Gasteiger partial charge >= 0.3 is 6.18 Å². The van der Waals surface area contributed by atoms with Crippen LogP contribution in [-0.4, -0.2) is 68.1 Å². The van der Waals surface area contributed by atoms with Crippen molar-refractivity contribution in [3.05, 3.63) is 54.2 Å². The van der Waals surface area contributed by atoms with Crippen molar-refractivity contribution in [1.82, 2.24) is 29.5 Å². The first kappa shape index (κ1) is 29.6. The van der Waals surface area contributed by atoms with Crippen molar-refractivity contribution in [3.63, 3.8) is 0 Å². The number of likely N-dealkylation sites (tertiary alicyclic amines) is 1. The summed E-state index contributed by atoms with van der Waals surface area (Å²) >= 11 is 0. The van der Waals surface area contributed by atoms with Crippen LogP contribution in [0.3, 0.4) is 0 Å². The third-order valence-electron chi connectivity index (χ3n) is 7.52. The van der Waals surface area contributed by atoms with Gasteiger partial charge in [-0.25, -0.2) is 4.39 Å². The summed E-state index contributed by atoms with van der Waals surface area (Å²) in [6.07, 6.45) is -1.53. The molecule has 0 spiro atoms. The molecule has 2 N–H and O–H groups in total. The minimum Gasteiger partial charge on any atom is -0.379 e. The average Bonchev–Trinajstić information content (AvgIpc) is 3.67. The molecule has 2 atom stereocenters. The van der Waals surface area contributed by atoms with E-state index in [1.807, 2.05) is 43.4 Å². The fourth-order valence-electron chi connectivity index (χ4n) is 5.20. The van der Waals surface area contributed by atoms with E-state index in [-0.39, 0.29) is 35.4 Å². The number of piperidine rings is 1. The SMILES string of the molecule is CCN1CC[C@@H](Nc2cccc3c2cc(-c2noc(CNC(=O)c4ccn(C(C)(C)C)c4)n2)n3CC(F)(F)F)[C@@H](F)C1. The molecule has 0 bridgehead atoms. The summed E-state index contributed by atoms with van der Waals surface area (Å²) in [7, 11) is 0. The van der Waals surface area contributed by atoms with Crippen LogP contribution in [-0.2, 0) is 18.6 Å². The van der Waals surface area contributed by atoms with E-state index < -0.39 is 24.9 Å². The number of nitrogens with one attached hydrogen (secondary N) is 2. The Hall–Kier alpha value is -3.87. The van der Waals surface area contributed by atoms with Crippen molar-refractivity contribution in [2.75, 3.05) is 25.0 Å². The number of rotatable bonds is 8. The Labute approximate surface area is 240 Å². The summed E-state index contributed by atoms with van der Waals surface area (Å²) in [5.74, 6) is -0.363. The standard InChI is InChI=1S/C29H35F4N7O2/c1-5-38-11-10-22(20(30)16-38)35-21-7-6-8-23-19(21)13-24(40(23)17-29(31,32)33)26-36-25(42-37-26)14-34-27(41)18-9-12-39(15-18)28(2,3)4/h6-9,12-13,15,20,22,35H,5,10-11,14,16-17H2,1-4H3,(H,34,41)/t20-,22+/m0/s1. The molecule has 42 heavy (non-hydrogen) atoms. The van der Waals surface area contributed by atoms with Crippen molar-refractivity contribution in [2.45, 2.75) is 71.1 Å². The Morgan fingerprint density at radius 3 is 2.64 bits per heavy atom. The highest BCUT2D eigenvalue weighted by Crippen LogP contribution is 2.35. The molecule has 0 radical (unpaired) electrons. The average molecular weight is 590 g/mol. The summed E-state index contributed by atoms with van der Waals surface area (Å²) in [6, 6.07) is 7.73. The fourth-order valence-corrected chi connectivity index (χ4v) is 5.20. The van der Waals surface area contributed by atoms with Gasteiger partial charge in [-0.2, -0.15) is 18.2 Å². The molecule has 4 heterocycles. The highest BCUT2D eigenvalue weighted by molar-refractivity contribution is 5.96. The third kappa shape index (κ3) is 6.45. The van der Waals surface area contributed by atoms with Crippen molar-refractivity contribution >= 4 is 22.5 Å². The second-order valence-corrected chi connectivity index (χ2v) is 11.6. The Morgan fingerprint density at radius 1 is 1.19 bits per heavy atom. The maximum atomic E-state index is 14.9. The number of anilines is 1. The lowest BCUT2D eigenvalue weighted by atomic mass is 10.0. The molecule has 9 nitrogen and oxygen atoms in total. The minimum absolute atomic E-state index is 0.0405. The van der Waals surface area contributed by atoms with Gasteiger partial charge in [-0.15, -0.1) is 0 Å². The van der Waals surface area contributed by atoms with Crippen LogP contribution in [0, 0.1) is 0 Å². The van der Waals surface area contributed by atoms with E-state index in [1.54, 1.807) is 36.5 Å². The Kier molecular flexibility index (Phi) is 8.06. The number of hydrogen-bond acceptors (Lipinski definition) is 6. The molecule has 1 aliphatic heterocycles. The molecule has 0 saturated carbocycles. The maximum absolute atomic E-state index is 14.9. The van der Waals surface area contributed by atoms with Crippen LogP contribution in [0.15, 0.2) is 47.2 Å². The molecule has 5 rings (SSSR count). The normalized spacial score (nSPS) is 18.5. The smallest absolute Gasteiger partial charge is 0.379 e. The molecular weight excluding hydrogens is 554 g/mol. The summed E-state index contributed by atoms with van der Waals surface area (Å²) in [4.78, 5) is 18.9. The molecule has 3 aromatic heterocycles. The Balaban J connectivity index is 1.39. The number of benzene rings is 1. The number of halogens is 4. The molecule has 1 saturated heterocycles. The fraction of sp³-hybridized carbons (Fsp3) is 0.483. The van der Waals surface area contributed by atoms with Crippen molar-refractivity contribution in [1.29, 1.82) is 0 Å². The van der Waals surface area contributed by atoms with Crippen LogP contribution in [0.2, 0.25) is 0 Å². The zero-order chi connectivity index (χ0) is 30.2. The first-order valence-corrected chi connectivity index (χ1v) is 13.9. The van der Waals surface area contributed by atoms with Crippen molar-refractivity contribution < 1.29 is 26.9 Å². The highest BCUT2D eigenvalue weighted by atomic mass is 19.4. The number of carbonyl (C=O) groups is 1. The van der Waals surface area contributed by atoms with Gasteiger partial charge in [-0.3, -0.25) is 4.79 Å².